The van der Waals surface area contributed by atoms with Gasteiger partial charge in [0.05, 0.1) is 11.4 Å². The van der Waals surface area contributed by atoms with Gasteiger partial charge in [-0.2, -0.15) is 0 Å². The van der Waals surface area contributed by atoms with Crippen LogP contribution in [0.3, 0.4) is 0 Å². The molecule has 188 valence electrons. The average molecular weight is 480 g/mol. The lowest BCUT2D eigenvalue weighted by molar-refractivity contribution is 0.246. The molecule has 3 nitrogen and oxygen atoms in total. The molecular weight excluding hydrogens is 438 g/mol. The molecule has 0 saturated carbocycles. The van der Waals surface area contributed by atoms with E-state index in [-0.39, 0.29) is 0 Å². The van der Waals surface area contributed by atoms with E-state index in [1.807, 2.05) is 0 Å². The van der Waals surface area contributed by atoms with Crippen LogP contribution in [0.2, 0.25) is 0 Å². The first-order chi connectivity index (χ1) is 17.6. The summed E-state index contributed by atoms with van der Waals surface area (Å²) in [6.45, 7) is 12.9. The number of aromatic nitrogens is 2. The van der Waals surface area contributed by atoms with E-state index in [4.69, 9.17) is 4.98 Å². The molecule has 1 aromatic heterocycles. The molecule has 0 fully saturated rings. The van der Waals surface area contributed by atoms with E-state index >= 15 is 0 Å². The molecule has 0 bridgehead atoms. The Kier molecular flexibility index (Phi) is 9.13. The third-order valence-corrected chi connectivity index (χ3v) is 6.85. The van der Waals surface area contributed by atoms with Gasteiger partial charge >= 0.3 is 0 Å². The quantitative estimate of drug-likeness (QED) is 0.203. The van der Waals surface area contributed by atoms with Gasteiger partial charge in [-0.15, -0.1) is 0 Å². The SMILES string of the molecule is CCCCN(Cc1ccc(C(C)C)cc1)Cc1c(-c2ccccc2)nc(-c2ccccc2)n1CCC. The van der Waals surface area contributed by atoms with E-state index in [0.717, 1.165) is 44.1 Å². The van der Waals surface area contributed by atoms with Gasteiger partial charge in [-0.05, 0) is 36.4 Å². The van der Waals surface area contributed by atoms with Crippen molar-refractivity contribution in [3.63, 3.8) is 0 Å². The molecule has 4 rings (SSSR count). The van der Waals surface area contributed by atoms with Gasteiger partial charge < -0.3 is 4.57 Å². The molecule has 0 radical (unpaired) electrons. The van der Waals surface area contributed by atoms with Crippen molar-refractivity contribution >= 4 is 0 Å². The zero-order chi connectivity index (χ0) is 25.3. The van der Waals surface area contributed by atoms with Crippen LogP contribution in [0, 0.1) is 0 Å². The Bertz CT molecular complexity index is 1190. The van der Waals surface area contributed by atoms with Crippen molar-refractivity contribution in [2.75, 3.05) is 6.54 Å². The first-order valence-corrected chi connectivity index (χ1v) is 13.6. The Morgan fingerprint density at radius 3 is 1.97 bits per heavy atom. The normalized spacial score (nSPS) is 11.5. The van der Waals surface area contributed by atoms with Crippen molar-refractivity contribution in [3.8, 4) is 22.6 Å². The minimum atomic E-state index is 0.559. The Balaban J connectivity index is 1.74. The number of hydrogen-bond donors (Lipinski definition) is 0. The third kappa shape index (κ3) is 6.33. The van der Waals surface area contributed by atoms with Gasteiger partial charge in [-0.3, -0.25) is 4.90 Å². The molecule has 0 amide bonds. The van der Waals surface area contributed by atoms with E-state index in [1.165, 1.54) is 40.8 Å². The van der Waals surface area contributed by atoms with Gasteiger partial charge in [0.1, 0.15) is 5.82 Å². The van der Waals surface area contributed by atoms with Crippen molar-refractivity contribution < 1.29 is 0 Å². The number of rotatable bonds is 12. The van der Waals surface area contributed by atoms with Crippen LogP contribution in [0.4, 0.5) is 0 Å². The van der Waals surface area contributed by atoms with Gasteiger partial charge in [0, 0.05) is 30.8 Å². The smallest absolute Gasteiger partial charge is 0.140 e. The maximum atomic E-state index is 5.28. The second kappa shape index (κ2) is 12.7. The van der Waals surface area contributed by atoms with Crippen molar-refractivity contribution in [2.24, 2.45) is 0 Å². The Hall–Kier alpha value is -3.17. The van der Waals surface area contributed by atoms with Crippen LogP contribution >= 0.6 is 0 Å². The highest BCUT2D eigenvalue weighted by atomic mass is 15.2. The lowest BCUT2D eigenvalue weighted by Crippen LogP contribution is -2.26. The Morgan fingerprint density at radius 2 is 1.39 bits per heavy atom. The minimum Gasteiger partial charge on any atom is -0.326 e. The number of nitrogens with zero attached hydrogens (tertiary/aromatic N) is 3. The molecule has 4 aromatic rings. The second-order valence-corrected chi connectivity index (χ2v) is 10.1. The molecule has 0 saturated heterocycles. The van der Waals surface area contributed by atoms with Crippen LogP contribution in [-0.2, 0) is 19.6 Å². The van der Waals surface area contributed by atoms with Gasteiger partial charge in [0.2, 0.25) is 0 Å². The van der Waals surface area contributed by atoms with Crippen molar-refractivity contribution in [2.45, 2.75) is 72.5 Å². The first-order valence-electron chi connectivity index (χ1n) is 13.6. The maximum Gasteiger partial charge on any atom is 0.140 e. The largest absolute Gasteiger partial charge is 0.326 e. The summed E-state index contributed by atoms with van der Waals surface area (Å²) in [7, 11) is 0. The summed E-state index contributed by atoms with van der Waals surface area (Å²) in [5.74, 6) is 1.63. The third-order valence-electron chi connectivity index (χ3n) is 6.85. The highest BCUT2D eigenvalue weighted by Gasteiger charge is 2.21. The van der Waals surface area contributed by atoms with E-state index in [1.54, 1.807) is 0 Å². The molecule has 0 spiro atoms. The number of benzene rings is 3. The van der Waals surface area contributed by atoms with Crippen molar-refractivity contribution in [1.82, 2.24) is 14.5 Å². The van der Waals surface area contributed by atoms with Crippen LogP contribution in [-0.4, -0.2) is 21.0 Å². The molecule has 0 N–H and O–H groups in total. The molecular formula is C33H41N3. The highest BCUT2D eigenvalue weighted by Crippen LogP contribution is 2.31. The van der Waals surface area contributed by atoms with E-state index in [0.29, 0.717) is 5.92 Å². The fourth-order valence-electron chi connectivity index (χ4n) is 4.82. The fourth-order valence-corrected chi connectivity index (χ4v) is 4.82. The van der Waals surface area contributed by atoms with E-state index in [9.17, 15) is 0 Å². The summed E-state index contributed by atoms with van der Waals surface area (Å²) in [6.07, 6.45) is 3.46. The first kappa shape index (κ1) is 25.9. The summed E-state index contributed by atoms with van der Waals surface area (Å²) >= 11 is 0. The van der Waals surface area contributed by atoms with Gasteiger partial charge in [0.15, 0.2) is 0 Å². The molecule has 1 heterocycles. The molecule has 0 aliphatic carbocycles. The van der Waals surface area contributed by atoms with Crippen LogP contribution in [0.25, 0.3) is 22.6 Å². The minimum absolute atomic E-state index is 0.559. The van der Waals surface area contributed by atoms with Crippen molar-refractivity contribution in [1.29, 1.82) is 0 Å². The van der Waals surface area contributed by atoms with Crippen molar-refractivity contribution in [3.05, 3.63) is 102 Å². The molecule has 3 aromatic carbocycles. The predicted octanol–water partition coefficient (Wildman–Crippen LogP) is 8.55. The van der Waals surface area contributed by atoms with Gasteiger partial charge in [-0.1, -0.05) is 119 Å². The fraction of sp³-hybridized carbons (Fsp3) is 0.364. The highest BCUT2D eigenvalue weighted by molar-refractivity contribution is 5.68. The lowest BCUT2D eigenvalue weighted by Gasteiger charge is -2.24. The van der Waals surface area contributed by atoms with Crippen LogP contribution < -0.4 is 0 Å². The number of hydrogen-bond acceptors (Lipinski definition) is 2. The zero-order valence-corrected chi connectivity index (χ0v) is 22.5. The molecule has 3 heteroatoms. The topological polar surface area (TPSA) is 21.1 Å². The predicted molar refractivity (Wildman–Crippen MR) is 153 cm³/mol. The molecule has 36 heavy (non-hydrogen) atoms. The second-order valence-electron chi connectivity index (χ2n) is 10.1. The van der Waals surface area contributed by atoms with Gasteiger partial charge in [0.25, 0.3) is 0 Å². The molecule has 0 aliphatic rings. The Morgan fingerprint density at radius 1 is 0.750 bits per heavy atom. The van der Waals surface area contributed by atoms with Crippen LogP contribution in [0.5, 0.6) is 0 Å². The summed E-state index contributed by atoms with van der Waals surface area (Å²) in [6, 6.07) is 30.6. The summed E-state index contributed by atoms with van der Waals surface area (Å²) in [5, 5.41) is 0. The molecule has 0 unspecified atom stereocenters. The average Bonchev–Trinajstić information content (AvgIpc) is 3.26. The maximum absolute atomic E-state index is 5.28. The lowest BCUT2D eigenvalue weighted by atomic mass is 10.0. The molecule has 0 atom stereocenters. The van der Waals surface area contributed by atoms with E-state index in [2.05, 4.69) is 122 Å². The Labute approximate surface area is 217 Å². The van der Waals surface area contributed by atoms with Crippen LogP contribution in [0.15, 0.2) is 84.9 Å². The summed E-state index contributed by atoms with van der Waals surface area (Å²) in [4.78, 5) is 7.89. The zero-order valence-electron chi connectivity index (χ0n) is 22.5. The van der Waals surface area contributed by atoms with Crippen LogP contribution in [0.1, 0.15) is 69.7 Å². The number of unbranched alkanes of at least 4 members (excludes halogenated alkanes) is 1. The summed E-state index contributed by atoms with van der Waals surface area (Å²) < 4.78 is 2.47. The standard InChI is InChI=1S/C33H41N3/c1-5-7-23-35(24-27-18-20-28(21-19-27)26(3)4)25-31-32(29-14-10-8-11-15-29)34-33(36(31)22-6-2)30-16-12-9-13-17-30/h8-21,26H,5-7,22-25H2,1-4H3. The monoisotopic (exact) mass is 479 g/mol. The van der Waals surface area contributed by atoms with E-state index < -0.39 is 0 Å². The summed E-state index contributed by atoms with van der Waals surface area (Å²) in [5.41, 5.74) is 7.58. The molecule has 0 aliphatic heterocycles. The number of imidazole rings is 1. The van der Waals surface area contributed by atoms with Gasteiger partial charge in [-0.25, -0.2) is 4.98 Å².